The second-order valence-corrected chi connectivity index (χ2v) is 2.36. The molecule has 0 unspecified atom stereocenters. The van der Waals surface area contributed by atoms with Gasteiger partial charge in [0.1, 0.15) is 6.29 Å². The Kier molecular flexibility index (Phi) is 5.98. The molecule has 0 aromatic heterocycles. The van der Waals surface area contributed by atoms with Crippen LogP contribution >= 0.6 is 0 Å². The quantitative estimate of drug-likeness (QED) is 0.614. The van der Waals surface area contributed by atoms with Gasteiger partial charge in [0, 0.05) is 6.42 Å². The first-order valence-electron chi connectivity index (χ1n) is 4.32. The third-order valence-electron chi connectivity index (χ3n) is 1.44. The van der Waals surface area contributed by atoms with Crippen LogP contribution in [0.2, 0.25) is 0 Å². The monoisotopic (exact) mass is 164 g/mol. The molecule has 0 N–H and O–H groups in total. The molecule has 0 amide bonds. The molecule has 0 heterocycles. The van der Waals surface area contributed by atoms with Gasteiger partial charge in [-0.3, -0.25) is 0 Å². The minimum absolute atomic E-state index is 0.528. The molecule has 0 fully saturated rings. The van der Waals surface area contributed by atoms with Crippen LogP contribution in [0.5, 0.6) is 0 Å². The second kappa shape index (κ2) is 6.59. The Labute approximate surface area is 74.4 Å². The topological polar surface area (TPSA) is 17.1 Å². The maximum atomic E-state index is 10.1. The number of aryl methyl sites for hydroxylation is 1. The van der Waals surface area contributed by atoms with E-state index in [9.17, 15) is 4.79 Å². The van der Waals surface area contributed by atoms with Crippen molar-refractivity contribution in [3.63, 3.8) is 0 Å². The first-order chi connectivity index (χ1) is 5.83. The smallest absolute Gasteiger partial charge is 0.124 e. The van der Waals surface area contributed by atoms with Crippen molar-refractivity contribution in [2.45, 2.75) is 27.2 Å². The van der Waals surface area contributed by atoms with E-state index in [1.54, 1.807) is 0 Å². The first-order valence-corrected chi connectivity index (χ1v) is 4.32. The minimum Gasteiger partial charge on any atom is -0.303 e. The van der Waals surface area contributed by atoms with Crippen molar-refractivity contribution in [3.8, 4) is 0 Å². The molecule has 0 spiro atoms. The first kappa shape index (κ1) is 10.9. The summed E-state index contributed by atoms with van der Waals surface area (Å²) in [6.45, 7) is 6.03. The fraction of sp³-hybridized carbons (Fsp3) is 0.364. The number of rotatable bonds is 2. The van der Waals surface area contributed by atoms with Crippen LogP contribution in [0.4, 0.5) is 0 Å². The van der Waals surface area contributed by atoms with Crippen LogP contribution < -0.4 is 0 Å². The van der Waals surface area contributed by atoms with Gasteiger partial charge in [-0.1, -0.05) is 43.7 Å². The zero-order valence-electron chi connectivity index (χ0n) is 8.00. The number of benzene rings is 1. The Balaban J connectivity index is 0.000000561. The van der Waals surface area contributed by atoms with Crippen LogP contribution in [-0.2, 0) is 11.2 Å². The van der Waals surface area contributed by atoms with E-state index in [1.165, 1.54) is 5.56 Å². The number of hydrogen-bond acceptors (Lipinski definition) is 1. The Morgan fingerprint density at radius 1 is 1.17 bits per heavy atom. The fourth-order valence-corrected chi connectivity index (χ4v) is 0.820. The van der Waals surface area contributed by atoms with Gasteiger partial charge in [0.15, 0.2) is 0 Å². The lowest BCUT2D eigenvalue weighted by molar-refractivity contribution is -0.107. The van der Waals surface area contributed by atoms with Crippen molar-refractivity contribution < 1.29 is 4.79 Å². The van der Waals surface area contributed by atoms with Gasteiger partial charge < -0.3 is 4.79 Å². The van der Waals surface area contributed by atoms with E-state index in [4.69, 9.17) is 0 Å². The van der Waals surface area contributed by atoms with Crippen LogP contribution in [0.25, 0.3) is 0 Å². The normalized spacial score (nSPS) is 8.25. The summed E-state index contributed by atoms with van der Waals surface area (Å²) in [5, 5.41) is 0. The minimum atomic E-state index is 0.528. The number of carbonyl (C=O) groups excluding carboxylic acids is 1. The van der Waals surface area contributed by atoms with E-state index < -0.39 is 0 Å². The summed E-state index contributed by atoms with van der Waals surface area (Å²) in [6.07, 6.45) is 1.45. The third-order valence-corrected chi connectivity index (χ3v) is 1.44. The summed E-state index contributed by atoms with van der Waals surface area (Å²) in [4.78, 5) is 10.1. The molecule has 12 heavy (non-hydrogen) atoms. The predicted molar refractivity (Wildman–Crippen MR) is 52.3 cm³/mol. The van der Waals surface area contributed by atoms with E-state index >= 15 is 0 Å². The molecular weight excluding hydrogens is 148 g/mol. The molecule has 0 atom stereocenters. The lowest BCUT2D eigenvalue weighted by Crippen LogP contribution is -1.84. The fourth-order valence-electron chi connectivity index (χ4n) is 0.820. The predicted octanol–water partition coefficient (Wildman–Crippen LogP) is 2.76. The largest absolute Gasteiger partial charge is 0.303 e. The van der Waals surface area contributed by atoms with Crippen molar-refractivity contribution in [1.29, 1.82) is 0 Å². The van der Waals surface area contributed by atoms with Gasteiger partial charge in [-0.25, -0.2) is 0 Å². The lowest BCUT2D eigenvalue weighted by atomic mass is 10.1. The molecule has 66 valence electrons. The highest BCUT2D eigenvalue weighted by molar-refractivity contribution is 5.54. The summed E-state index contributed by atoms with van der Waals surface area (Å²) < 4.78 is 0. The molecule has 1 heteroatoms. The third kappa shape index (κ3) is 3.91. The van der Waals surface area contributed by atoms with Crippen LogP contribution in [0.3, 0.4) is 0 Å². The molecule has 1 nitrogen and oxygen atoms in total. The zero-order valence-corrected chi connectivity index (χ0v) is 8.00. The molecule has 0 aliphatic carbocycles. The highest BCUT2D eigenvalue weighted by Gasteiger charge is 1.88. The summed E-state index contributed by atoms with van der Waals surface area (Å²) in [6, 6.07) is 7.98. The summed E-state index contributed by atoms with van der Waals surface area (Å²) in [5.41, 5.74) is 2.32. The molecule has 0 aliphatic rings. The Morgan fingerprint density at radius 3 is 2.08 bits per heavy atom. The van der Waals surface area contributed by atoms with E-state index in [2.05, 4.69) is 0 Å². The van der Waals surface area contributed by atoms with Gasteiger partial charge in [0.05, 0.1) is 0 Å². The zero-order chi connectivity index (χ0) is 9.40. The summed E-state index contributed by atoms with van der Waals surface area (Å²) in [5.74, 6) is 0. The van der Waals surface area contributed by atoms with Crippen LogP contribution in [0, 0.1) is 6.92 Å². The average molecular weight is 164 g/mol. The van der Waals surface area contributed by atoms with Crippen molar-refractivity contribution in [1.82, 2.24) is 0 Å². The molecule has 0 aliphatic heterocycles. The van der Waals surface area contributed by atoms with E-state index in [1.807, 2.05) is 45.0 Å². The van der Waals surface area contributed by atoms with Crippen LogP contribution in [0.1, 0.15) is 25.0 Å². The summed E-state index contributed by atoms with van der Waals surface area (Å²) in [7, 11) is 0. The molecule has 0 saturated carbocycles. The van der Waals surface area contributed by atoms with Crippen molar-refractivity contribution in [2.24, 2.45) is 0 Å². The SMILES string of the molecule is CC.Cc1ccc(CC=O)cc1. The molecule has 0 saturated heterocycles. The Morgan fingerprint density at radius 2 is 1.67 bits per heavy atom. The second-order valence-electron chi connectivity index (χ2n) is 2.36. The Hall–Kier alpha value is -1.11. The van der Waals surface area contributed by atoms with Gasteiger partial charge in [-0.15, -0.1) is 0 Å². The molecular formula is C11H16O. The standard InChI is InChI=1S/C9H10O.C2H6/c1-8-2-4-9(5-3-8)6-7-10;1-2/h2-5,7H,6H2,1H3;1-2H3. The molecule has 1 rings (SSSR count). The van der Waals surface area contributed by atoms with E-state index in [0.29, 0.717) is 6.42 Å². The van der Waals surface area contributed by atoms with Gasteiger partial charge in [-0.2, -0.15) is 0 Å². The maximum Gasteiger partial charge on any atom is 0.124 e. The number of carbonyl (C=O) groups is 1. The molecule has 1 aromatic carbocycles. The van der Waals surface area contributed by atoms with Gasteiger partial charge in [-0.05, 0) is 12.5 Å². The van der Waals surface area contributed by atoms with Crippen LogP contribution in [0.15, 0.2) is 24.3 Å². The van der Waals surface area contributed by atoms with Crippen molar-refractivity contribution in [2.75, 3.05) is 0 Å². The van der Waals surface area contributed by atoms with Gasteiger partial charge >= 0.3 is 0 Å². The van der Waals surface area contributed by atoms with Gasteiger partial charge in [0.25, 0.3) is 0 Å². The van der Waals surface area contributed by atoms with Crippen molar-refractivity contribution >= 4 is 6.29 Å². The molecule has 1 aromatic rings. The maximum absolute atomic E-state index is 10.1. The van der Waals surface area contributed by atoms with E-state index in [0.717, 1.165) is 11.8 Å². The Bertz CT molecular complexity index is 211. The highest BCUT2D eigenvalue weighted by atomic mass is 16.1. The average Bonchev–Trinajstić information content (AvgIpc) is 2.13. The lowest BCUT2D eigenvalue weighted by Gasteiger charge is -1.93. The van der Waals surface area contributed by atoms with Crippen molar-refractivity contribution in [3.05, 3.63) is 35.4 Å². The highest BCUT2D eigenvalue weighted by Crippen LogP contribution is 2.01. The number of aldehydes is 1. The molecule has 0 radical (unpaired) electrons. The van der Waals surface area contributed by atoms with Crippen LogP contribution in [-0.4, -0.2) is 6.29 Å². The van der Waals surface area contributed by atoms with Gasteiger partial charge in [0.2, 0.25) is 0 Å². The number of hydrogen-bond donors (Lipinski definition) is 0. The van der Waals surface area contributed by atoms with E-state index in [-0.39, 0.29) is 0 Å². The molecule has 0 bridgehead atoms. The summed E-state index contributed by atoms with van der Waals surface area (Å²) >= 11 is 0.